The number of methoxy groups -OCH3 is 1. The molecule has 0 aromatic carbocycles. The fourth-order valence-corrected chi connectivity index (χ4v) is 4.50. The maximum absolute atomic E-state index is 11.6. The number of rotatable bonds is 2. The van der Waals surface area contributed by atoms with E-state index in [-0.39, 0.29) is 5.97 Å². The van der Waals surface area contributed by atoms with Gasteiger partial charge in [0, 0.05) is 16.0 Å². The van der Waals surface area contributed by atoms with Gasteiger partial charge in [-0.3, -0.25) is 4.79 Å². The van der Waals surface area contributed by atoms with Crippen molar-refractivity contribution in [3.63, 3.8) is 0 Å². The summed E-state index contributed by atoms with van der Waals surface area (Å²) in [6, 6.07) is 0. The first-order valence-electron chi connectivity index (χ1n) is 7.09. The van der Waals surface area contributed by atoms with E-state index in [0.29, 0.717) is 6.42 Å². The summed E-state index contributed by atoms with van der Waals surface area (Å²) in [5.41, 5.74) is 4.69. The SMILES string of the molecule is COC(=O)Cc1c(C)nc2sc3c(c2c1C)CCCC3. The number of fused-ring (bicyclic) bond motifs is 3. The predicted octanol–water partition coefficient (Wildman–Crippen LogP) is 3.51. The molecule has 0 fully saturated rings. The molecule has 1 aliphatic rings. The van der Waals surface area contributed by atoms with Crippen LogP contribution in [-0.4, -0.2) is 18.1 Å². The number of carbonyl (C=O) groups is 1. The molecule has 0 atom stereocenters. The molecule has 3 rings (SSSR count). The molecular formula is C16H19NO2S. The first-order chi connectivity index (χ1) is 9.61. The molecule has 0 unspecified atom stereocenters. The molecule has 1 aliphatic carbocycles. The van der Waals surface area contributed by atoms with Gasteiger partial charge in [0.05, 0.1) is 13.5 Å². The third-order valence-corrected chi connectivity index (χ3v) is 5.42. The second-order valence-corrected chi connectivity index (χ2v) is 6.53. The summed E-state index contributed by atoms with van der Waals surface area (Å²) in [6.07, 6.45) is 5.20. The molecule has 0 saturated heterocycles. The smallest absolute Gasteiger partial charge is 0.310 e. The summed E-state index contributed by atoms with van der Waals surface area (Å²) in [5, 5.41) is 1.30. The van der Waals surface area contributed by atoms with Gasteiger partial charge in [-0.25, -0.2) is 4.98 Å². The zero-order valence-electron chi connectivity index (χ0n) is 12.2. The van der Waals surface area contributed by atoms with Crippen molar-refractivity contribution in [2.45, 2.75) is 46.0 Å². The standard InChI is InChI=1S/C16H19NO2S/c1-9-12(8-14(18)19-3)10(2)17-16-15(9)11-6-4-5-7-13(11)20-16/h4-8H2,1-3H3. The number of hydrogen-bond acceptors (Lipinski definition) is 4. The predicted molar refractivity (Wildman–Crippen MR) is 81.5 cm³/mol. The second-order valence-electron chi connectivity index (χ2n) is 5.44. The number of aromatic nitrogens is 1. The van der Waals surface area contributed by atoms with Gasteiger partial charge in [0.2, 0.25) is 0 Å². The van der Waals surface area contributed by atoms with E-state index in [1.165, 1.54) is 47.8 Å². The molecule has 0 radical (unpaired) electrons. The van der Waals surface area contributed by atoms with Crippen molar-refractivity contribution >= 4 is 27.5 Å². The lowest BCUT2D eigenvalue weighted by molar-refractivity contribution is -0.139. The fraction of sp³-hybridized carbons (Fsp3) is 0.500. The average Bonchev–Trinajstić information content (AvgIpc) is 2.81. The Morgan fingerprint density at radius 3 is 2.80 bits per heavy atom. The van der Waals surface area contributed by atoms with Crippen molar-refractivity contribution in [1.29, 1.82) is 0 Å². The Hall–Kier alpha value is -1.42. The summed E-state index contributed by atoms with van der Waals surface area (Å²) >= 11 is 1.83. The van der Waals surface area contributed by atoms with Gasteiger partial charge in [-0.15, -0.1) is 11.3 Å². The van der Waals surface area contributed by atoms with Crippen molar-refractivity contribution in [3.8, 4) is 0 Å². The van der Waals surface area contributed by atoms with E-state index in [9.17, 15) is 4.79 Å². The molecule has 0 amide bonds. The number of pyridine rings is 1. The van der Waals surface area contributed by atoms with Gasteiger partial charge in [0.25, 0.3) is 0 Å². The Labute approximate surface area is 123 Å². The van der Waals surface area contributed by atoms with Crippen LogP contribution in [0.2, 0.25) is 0 Å². The Balaban J connectivity index is 2.19. The van der Waals surface area contributed by atoms with Gasteiger partial charge in [-0.1, -0.05) is 0 Å². The summed E-state index contributed by atoms with van der Waals surface area (Å²) < 4.78 is 4.81. The Bertz CT molecular complexity index is 688. The number of thiophene rings is 1. The quantitative estimate of drug-likeness (QED) is 0.794. The highest BCUT2D eigenvalue weighted by atomic mass is 32.1. The van der Waals surface area contributed by atoms with Crippen molar-refractivity contribution in [2.24, 2.45) is 0 Å². The normalized spacial score (nSPS) is 14.3. The Morgan fingerprint density at radius 1 is 1.30 bits per heavy atom. The van der Waals surface area contributed by atoms with Crippen LogP contribution in [0, 0.1) is 13.8 Å². The minimum absolute atomic E-state index is 0.193. The molecule has 4 heteroatoms. The van der Waals surface area contributed by atoms with E-state index in [1.54, 1.807) is 0 Å². The number of carbonyl (C=O) groups excluding carboxylic acids is 1. The lowest BCUT2D eigenvalue weighted by Crippen LogP contribution is -2.09. The van der Waals surface area contributed by atoms with E-state index in [0.717, 1.165) is 22.5 Å². The van der Waals surface area contributed by atoms with Crippen LogP contribution in [0.25, 0.3) is 10.2 Å². The molecular weight excluding hydrogens is 270 g/mol. The number of ether oxygens (including phenoxy) is 1. The first-order valence-corrected chi connectivity index (χ1v) is 7.90. The zero-order chi connectivity index (χ0) is 14.3. The van der Waals surface area contributed by atoms with E-state index in [4.69, 9.17) is 9.72 Å². The largest absolute Gasteiger partial charge is 0.469 e. The topological polar surface area (TPSA) is 39.2 Å². The molecule has 0 spiro atoms. The molecule has 2 aromatic heterocycles. The van der Waals surface area contributed by atoms with Crippen LogP contribution >= 0.6 is 11.3 Å². The van der Waals surface area contributed by atoms with Crippen LogP contribution < -0.4 is 0 Å². The molecule has 0 N–H and O–H groups in total. The lowest BCUT2D eigenvalue weighted by Gasteiger charge is -2.13. The summed E-state index contributed by atoms with van der Waals surface area (Å²) in [5.74, 6) is -0.193. The number of hydrogen-bond donors (Lipinski definition) is 0. The van der Waals surface area contributed by atoms with Gasteiger partial charge in [-0.05, 0) is 56.2 Å². The highest BCUT2D eigenvalue weighted by Gasteiger charge is 2.21. The monoisotopic (exact) mass is 289 g/mol. The van der Waals surface area contributed by atoms with Crippen LogP contribution in [0.15, 0.2) is 0 Å². The highest BCUT2D eigenvalue weighted by Crippen LogP contribution is 2.38. The molecule has 3 nitrogen and oxygen atoms in total. The molecule has 2 heterocycles. The van der Waals surface area contributed by atoms with Gasteiger partial charge < -0.3 is 4.74 Å². The maximum Gasteiger partial charge on any atom is 0.310 e. The third kappa shape index (κ3) is 2.12. The van der Waals surface area contributed by atoms with E-state index in [1.807, 2.05) is 18.3 Å². The maximum atomic E-state index is 11.6. The van der Waals surface area contributed by atoms with Crippen LogP contribution in [0.5, 0.6) is 0 Å². The minimum Gasteiger partial charge on any atom is -0.469 e. The van der Waals surface area contributed by atoms with Crippen molar-refractivity contribution in [3.05, 3.63) is 27.3 Å². The van der Waals surface area contributed by atoms with Crippen molar-refractivity contribution in [1.82, 2.24) is 4.98 Å². The first kappa shape index (κ1) is 13.6. The van der Waals surface area contributed by atoms with Gasteiger partial charge >= 0.3 is 5.97 Å². The van der Waals surface area contributed by atoms with Crippen molar-refractivity contribution < 1.29 is 9.53 Å². The van der Waals surface area contributed by atoms with Gasteiger partial charge in [0.1, 0.15) is 4.83 Å². The summed E-state index contributed by atoms with van der Waals surface area (Å²) in [6.45, 7) is 4.11. The fourth-order valence-electron chi connectivity index (χ4n) is 3.14. The second kappa shape index (κ2) is 5.17. The number of nitrogens with zero attached hydrogens (tertiary/aromatic N) is 1. The van der Waals surface area contributed by atoms with Gasteiger partial charge in [-0.2, -0.15) is 0 Å². The van der Waals surface area contributed by atoms with Crippen LogP contribution in [0.4, 0.5) is 0 Å². The molecule has 0 bridgehead atoms. The molecule has 0 aliphatic heterocycles. The molecule has 2 aromatic rings. The third-order valence-electron chi connectivity index (χ3n) is 4.24. The lowest BCUT2D eigenvalue weighted by atomic mass is 9.93. The van der Waals surface area contributed by atoms with E-state index >= 15 is 0 Å². The van der Waals surface area contributed by atoms with E-state index in [2.05, 4.69) is 6.92 Å². The Morgan fingerprint density at radius 2 is 2.05 bits per heavy atom. The van der Waals surface area contributed by atoms with Crippen LogP contribution in [0.1, 0.15) is 40.1 Å². The molecule has 106 valence electrons. The summed E-state index contributed by atoms with van der Waals surface area (Å²) in [4.78, 5) is 19.0. The van der Waals surface area contributed by atoms with E-state index < -0.39 is 0 Å². The van der Waals surface area contributed by atoms with Crippen LogP contribution in [-0.2, 0) is 28.8 Å². The van der Waals surface area contributed by atoms with Crippen molar-refractivity contribution in [2.75, 3.05) is 7.11 Å². The number of esters is 1. The molecule has 20 heavy (non-hydrogen) atoms. The highest BCUT2D eigenvalue weighted by molar-refractivity contribution is 7.18. The number of aryl methyl sites for hydroxylation is 4. The zero-order valence-corrected chi connectivity index (χ0v) is 13.0. The molecule has 0 saturated carbocycles. The average molecular weight is 289 g/mol. The van der Waals surface area contributed by atoms with Gasteiger partial charge in [0.15, 0.2) is 0 Å². The minimum atomic E-state index is -0.193. The Kier molecular flexibility index (Phi) is 3.50. The summed E-state index contributed by atoms with van der Waals surface area (Å²) in [7, 11) is 1.44. The van der Waals surface area contributed by atoms with Crippen LogP contribution in [0.3, 0.4) is 0 Å².